The number of benzene rings is 6. The molecule has 0 aliphatic heterocycles. The van der Waals surface area contributed by atoms with Crippen molar-refractivity contribution in [2.24, 2.45) is 0 Å². The molecule has 0 unspecified atom stereocenters. The third-order valence-electron chi connectivity index (χ3n) is 10.9. The molecule has 1 aliphatic rings. The van der Waals surface area contributed by atoms with Crippen LogP contribution in [0.15, 0.2) is 169 Å². The number of nitriles is 1. The maximum atomic E-state index is 16.3. The number of hydrogen-bond acceptors (Lipinski definition) is 6. The highest BCUT2D eigenvalue weighted by atomic mass is 32.1. The van der Waals surface area contributed by atoms with Gasteiger partial charge in [0.25, 0.3) is 11.4 Å². The molecular weight excluding hydrogens is 854 g/mol. The summed E-state index contributed by atoms with van der Waals surface area (Å²) in [5, 5.41) is 24.0. The fraction of sp³-hybridized carbons (Fsp3) is 0.0769. The van der Waals surface area contributed by atoms with E-state index >= 15 is 22.0 Å². The van der Waals surface area contributed by atoms with Crippen molar-refractivity contribution < 1.29 is 31.5 Å². The molecule has 0 amide bonds. The molecule has 0 spiro atoms. The van der Waals surface area contributed by atoms with Gasteiger partial charge in [0.15, 0.2) is 11.6 Å². The molecule has 0 fully saturated rings. The molecule has 1 aliphatic carbocycles. The molecule has 0 radical (unpaired) electrons. The molecule has 6 aromatic carbocycles. The Kier molecular flexibility index (Phi) is 12.6. The number of nitro groups is 1. The van der Waals surface area contributed by atoms with Crippen LogP contribution in [0.4, 0.5) is 61.1 Å². The smallest absolute Gasteiger partial charge is 0.293 e. The van der Waals surface area contributed by atoms with Crippen molar-refractivity contribution >= 4 is 61.7 Å². The van der Waals surface area contributed by atoms with E-state index in [0.717, 1.165) is 11.3 Å². The van der Waals surface area contributed by atoms with Crippen molar-refractivity contribution in [1.29, 1.82) is 5.26 Å². The van der Waals surface area contributed by atoms with Crippen molar-refractivity contribution in [3.05, 3.63) is 225 Å². The quantitative estimate of drug-likeness (QED) is 0.0529. The fourth-order valence-electron chi connectivity index (χ4n) is 8.01. The Hall–Kier alpha value is -7.95. The standard InChI is InChI=1S/C52H37F5N5O2S/c1-3-59(49-41(54)18-12-19-42(49)55)35-28-24-33(25-29-35)47(34-26-30-36(31-27-34)60(4-2)50-43(56)20-13-21-44(50)57)51-48(38-16-8-9-17-40(38)53)39(32-58)52(65-51)61(37-14-6-5-7-15-37)45-22-10-11-23-46(45)62(63)64/h5-31H,3-4H2,1-2H3/q+1. The molecular formula is C52H37F5N5O2S+. The van der Waals surface area contributed by atoms with Gasteiger partial charge in [0.2, 0.25) is 5.71 Å². The monoisotopic (exact) mass is 890 g/mol. The first-order chi connectivity index (χ1) is 31.6. The van der Waals surface area contributed by atoms with Gasteiger partial charge in [-0.1, -0.05) is 72.8 Å². The Morgan fingerprint density at radius 1 is 0.677 bits per heavy atom. The van der Waals surface area contributed by atoms with Gasteiger partial charge in [-0.05, 0) is 97.8 Å². The van der Waals surface area contributed by atoms with E-state index in [9.17, 15) is 15.4 Å². The summed E-state index contributed by atoms with van der Waals surface area (Å²) in [6.45, 7) is 3.95. The van der Waals surface area contributed by atoms with Crippen LogP contribution < -0.4 is 9.80 Å². The zero-order chi connectivity index (χ0) is 45.8. The highest BCUT2D eigenvalue weighted by molar-refractivity contribution is 7.18. The van der Waals surface area contributed by atoms with Crippen molar-refractivity contribution in [2.75, 3.05) is 22.9 Å². The van der Waals surface area contributed by atoms with Crippen LogP contribution in [-0.2, 0) is 0 Å². The first-order valence-electron chi connectivity index (χ1n) is 20.5. The van der Waals surface area contributed by atoms with Crippen LogP contribution in [0.2, 0.25) is 0 Å². The topological polar surface area (TPSA) is 76.4 Å². The van der Waals surface area contributed by atoms with Crippen LogP contribution in [-0.4, -0.2) is 28.3 Å². The van der Waals surface area contributed by atoms with Crippen LogP contribution in [0.3, 0.4) is 0 Å². The Bertz CT molecular complexity index is 3080. The van der Waals surface area contributed by atoms with Gasteiger partial charge >= 0.3 is 0 Å². The minimum Gasteiger partial charge on any atom is -0.337 e. The molecule has 7 nitrogen and oxygen atoms in total. The Labute approximate surface area is 375 Å². The number of nitro benzene ring substituents is 1. The predicted molar refractivity (Wildman–Crippen MR) is 247 cm³/mol. The third-order valence-corrected chi connectivity index (χ3v) is 12.1. The summed E-state index contributed by atoms with van der Waals surface area (Å²) in [7, 11) is 0. The van der Waals surface area contributed by atoms with E-state index < -0.39 is 34.0 Å². The number of allylic oxidation sites excluding steroid dienone is 5. The van der Waals surface area contributed by atoms with Gasteiger partial charge in [0.05, 0.1) is 10.5 Å². The van der Waals surface area contributed by atoms with Crippen LogP contribution in [0.5, 0.6) is 0 Å². The minimum absolute atomic E-state index is 0.0298. The number of halogens is 5. The molecule has 1 aromatic heterocycles. The second-order valence-electron chi connectivity index (χ2n) is 14.6. The zero-order valence-corrected chi connectivity index (χ0v) is 35.7. The normalized spacial score (nSPS) is 12.0. The van der Waals surface area contributed by atoms with E-state index in [1.54, 1.807) is 128 Å². The number of nitrogens with zero attached hydrogens (tertiary/aromatic N) is 5. The second kappa shape index (κ2) is 18.8. The maximum Gasteiger partial charge on any atom is 0.293 e. The molecule has 322 valence electrons. The molecule has 0 saturated carbocycles. The molecule has 0 bridgehead atoms. The van der Waals surface area contributed by atoms with Gasteiger partial charge in [0.1, 0.15) is 46.4 Å². The predicted octanol–water partition coefficient (Wildman–Crippen LogP) is 14.3. The second-order valence-corrected chi connectivity index (χ2v) is 15.6. The summed E-state index contributed by atoms with van der Waals surface area (Å²) < 4.78 is 78.4. The van der Waals surface area contributed by atoms with Crippen LogP contribution >= 0.6 is 11.3 Å². The molecule has 65 heavy (non-hydrogen) atoms. The van der Waals surface area contributed by atoms with Gasteiger partial charge in [-0.2, -0.15) is 18.6 Å². The molecule has 13 heteroatoms. The van der Waals surface area contributed by atoms with Gasteiger partial charge in [-0.15, -0.1) is 11.3 Å². The van der Waals surface area contributed by atoms with Crippen molar-refractivity contribution in [3.8, 4) is 17.2 Å². The van der Waals surface area contributed by atoms with Gasteiger partial charge in [-0.25, -0.2) is 13.2 Å². The molecule has 0 saturated heterocycles. The van der Waals surface area contributed by atoms with Gasteiger partial charge < -0.3 is 4.90 Å². The lowest BCUT2D eigenvalue weighted by Gasteiger charge is -2.25. The lowest BCUT2D eigenvalue weighted by Crippen LogP contribution is -2.19. The molecule has 0 N–H and O–H groups in total. The summed E-state index contributed by atoms with van der Waals surface area (Å²) in [6, 6.07) is 37.5. The van der Waals surface area contributed by atoms with E-state index in [1.807, 2.05) is 0 Å². The lowest BCUT2D eigenvalue weighted by molar-refractivity contribution is -0.439. The lowest BCUT2D eigenvalue weighted by atomic mass is 9.90. The van der Waals surface area contributed by atoms with Crippen LogP contribution in [0.25, 0.3) is 16.7 Å². The van der Waals surface area contributed by atoms with Crippen molar-refractivity contribution in [2.45, 2.75) is 13.8 Å². The Morgan fingerprint density at radius 2 is 1.26 bits per heavy atom. The summed E-state index contributed by atoms with van der Waals surface area (Å²) in [5.74, 6) is -3.61. The zero-order valence-electron chi connectivity index (χ0n) is 34.9. The summed E-state index contributed by atoms with van der Waals surface area (Å²) in [6.07, 6.45) is 6.90. The van der Waals surface area contributed by atoms with E-state index in [1.165, 1.54) is 64.1 Å². The van der Waals surface area contributed by atoms with Crippen molar-refractivity contribution in [1.82, 2.24) is 0 Å². The summed E-state index contributed by atoms with van der Waals surface area (Å²) in [5.41, 5.74) is 2.78. The highest BCUT2D eigenvalue weighted by Gasteiger charge is 2.33. The number of thiophene rings is 1. The van der Waals surface area contributed by atoms with E-state index in [-0.39, 0.29) is 57.5 Å². The Balaban J connectivity index is 1.43. The van der Waals surface area contributed by atoms with E-state index in [0.29, 0.717) is 38.7 Å². The first-order valence-corrected chi connectivity index (χ1v) is 21.3. The van der Waals surface area contributed by atoms with Crippen LogP contribution in [0.1, 0.15) is 29.9 Å². The SMILES string of the molecule is CCN(c1ccc(C(=C2C=CC(=[N+](CC)c3c(F)cccc3F)C=C2)c2sc(N(c3ccccc3)c3ccccc3[N+](=O)[O-])c(C#N)c2-c2ccccc2F)cc1)c1c(F)cccc1F. The van der Waals surface area contributed by atoms with Crippen LogP contribution in [0, 0.1) is 50.5 Å². The van der Waals surface area contributed by atoms with E-state index in [4.69, 9.17) is 0 Å². The van der Waals surface area contributed by atoms with Crippen molar-refractivity contribution in [3.63, 3.8) is 0 Å². The molecule has 8 rings (SSSR count). The van der Waals surface area contributed by atoms with Gasteiger partial charge in [-0.3, -0.25) is 15.0 Å². The number of rotatable bonds is 12. The fourth-order valence-corrected chi connectivity index (χ4v) is 9.40. The average Bonchev–Trinajstić information content (AvgIpc) is 3.68. The molecule has 0 atom stereocenters. The highest BCUT2D eigenvalue weighted by Crippen LogP contribution is 2.53. The number of para-hydroxylation sites is 5. The summed E-state index contributed by atoms with van der Waals surface area (Å²) in [4.78, 5) is 15.6. The maximum absolute atomic E-state index is 16.3. The first kappa shape index (κ1) is 43.7. The third kappa shape index (κ3) is 8.35. The summed E-state index contributed by atoms with van der Waals surface area (Å²) >= 11 is 1.12. The Morgan fingerprint density at radius 3 is 1.86 bits per heavy atom. The number of hydrogen-bond donors (Lipinski definition) is 0. The largest absolute Gasteiger partial charge is 0.337 e. The minimum atomic E-state index is -0.744. The molecule has 1 heterocycles. The molecule has 7 aromatic rings. The van der Waals surface area contributed by atoms with E-state index in [2.05, 4.69) is 6.07 Å². The van der Waals surface area contributed by atoms with Gasteiger partial charge in [0, 0.05) is 57.7 Å². The number of anilines is 5. The average molecular weight is 891 g/mol.